The SMILES string of the molecule is CC(C)(O)O.CCC1CCCO1. The molecule has 1 rings (SSSR count). The van der Waals surface area contributed by atoms with Gasteiger partial charge >= 0.3 is 0 Å². The predicted octanol–water partition coefficient (Wildman–Crippen LogP) is 1.28. The lowest BCUT2D eigenvalue weighted by atomic mass is 10.2. The normalized spacial score (nSPS) is 23.2. The standard InChI is InChI=1S/C6H12O.C3H8O2/c1-2-6-4-3-5-7-6;1-3(2,4)5/h6H,2-5H2,1H3;4-5H,1-2H3. The molecule has 1 unspecified atom stereocenters. The molecule has 0 saturated carbocycles. The Morgan fingerprint density at radius 3 is 2.08 bits per heavy atom. The molecule has 1 saturated heterocycles. The Bertz CT molecular complexity index is 94.8. The highest BCUT2D eigenvalue weighted by molar-refractivity contribution is 4.60. The average Bonchev–Trinajstić information content (AvgIpc) is 2.33. The molecule has 0 amide bonds. The Balaban J connectivity index is 0.000000217. The van der Waals surface area contributed by atoms with Crippen LogP contribution in [0.25, 0.3) is 0 Å². The zero-order chi connectivity index (χ0) is 9.61. The summed E-state index contributed by atoms with van der Waals surface area (Å²) in [6.45, 7) is 5.77. The molecule has 0 aromatic carbocycles. The fourth-order valence-corrected chi connectivity index (χ4v) is 0.966. The molecule has 1 aliphatic rings. The van der Waals surface area contributed by atoms with E-state index in [4.69, 9.17) is 14.9 Å². The molecule has 0 bridgehead atoms. The van der Waals surface area contributed by atoms with E-state index in [1.54, 1.807) is 0 Å². The summed E-state index contributed by atoms with van der Waals surface area (Å²) < 4.78 is 5.30. The Kier molecular flexibility index (Phi) is 5.46. The summed E-state index contributed by atoms with van der Waals surface area (Å²) in [7, 11) is 0. The molecule has 0 spiro atoms. The lowest BCUT2D eigenvalue weighted by Gasteiger charge is -2.03. The summed E-state index contributed by atoms with van der Waals surface area (Å²) in [6, 6.07) is 0. The van der Waals surface area contributed by atoms with Crippen LogP contribution < -0.4 is 0 Å². The maximum atomic E-state index is 8.08. The van der Waals surface area contributed by atoms with E-state index < -0.39 is 5.79 Å². The summed E-state index contributed by atoms with van der Waals surface area (Å²) >= 11 is 0. The Hall–Kier alpha value is -0.120. The Labute approximate surface area is 74.4 Å². The van der Waals surface area contributed by atoms with Crippen molar-refractivity contribution in [1.29, 1.82) is 0 Å². The summed E-state index contributed by atoms with van der Waals surface area (Å²) in [6.07, 6.45) is 4.36. The van der Waals surface area contributed by atoms with Crippen molar-refractivity contribution < 1.29 is 14.9 Å². The Morgan fingerprint density at radius 2 is 1.92 bits per heavy atom. The third-order valence-corrected chi connectivity index (χ3v) is 1.48. The number of hydrogen-bond acceptors (Lipinski definition) is 3. The predicted molar refractivity (Wildman–Crippen MR) is 47.8 cm³/mol. The molecule has 0 aromatic rings. The largest absolute Gasteiger partial charge is 0.378 e. The van der Waals surface area contributed by atoms with Crippen LogP contribution in [-0.2, 0) is 4.74 Å². The number of aliphatic hydroxyl groups is 2. The molecule has 0 radical (unpaired) electrons. The highest BCUT2D eigenvalue weighted by Gasteiger charge is 2.11. The molecule has 1 fully saturated rings. The summed E-state index contributed by atoms with van der Waals surface area (Å²) in [5.74, 6) is -1.50. The zero-order valence-corrected chi connectivity index (χ0v) is 8.21. The molecule has 3 nitrogen and oxygen atoms in total. The van der Waals surface area contributed by atoms with E-state index in [0.29, 0.717) is 6.10 Å². The molecule has 74 valence electrons. The lowest BCUT2D eigenvalue weighted by Crippen LogP contribution is -2.15. The third kappa shape index (κ3) is 9.88. The monoisotopic (exact) mass is 176 g/mol. The van der Waals surface area contributed by atoms with Crippen molar-refractivity contribution in [3.05, 3.63) is 0 Å². The van der Waals surface area contributed by atoms with Gasteiger partial charge in [-0.1, -0.05) is 6.92 Å². The highest BCUT2D eigenvalue weighted by atomic mass is 16.5. The maximum absolute atomic E-state index is 8.08. The van der Waals surface area contributed by atoms with Crippen LogP contribution in [0.2, 0.25) is 0 Å². The van der Waals surface area contributed by atoms with Gasteiger partial charge in [0.05, 0.1) is 6.10 Å². The van der Waals surface area contributed by atoms with Crippen molar-refractivity contribution in [2.75, 3.05) is 6.61 Å². The van der Waals surface area contributed by atoms with Crippen LogP contribution in [0.3, 0.4) is 0 Å². The van der Waals surface area contributed by atoms with Crippen LogP contribution in [0.1, 0.15) is 40.0 Å². The van der Waals surface area contributed by atoms with E-state index in [9.17, 15) is 0 Å². The maximum Gasteiger partial charge on any atom is 0.156 e. The number of hydrogen-bond donors (Lipinski definition) is 2. The molecule has 0 aliphatic carbocycles. The van der Waals surface area contributed by atoms with Gasteiger partial charge in [-0.2, -0.15) is 0 Å². The molecular formula is C9H20O3. The molecule has 1 heterocycles. The Morgan fingerprint density at radius 1 is 1.42 bits per heavy atom. The zero-order valence-electron chi connectivity index (χ0n) is 8.21. The first kappa shape index (κ1) is 11.9. The molecule has 1 aliphatic heterocycles. The minimum absolute atomic E-state index is 0.597. The van der Waals surface area contributed by atoms with Crippen molar-refractivity contribution in [3.8, 4) is 0 Å². The first-order valence-corrected chi connectivity index (χ1v) is 4.50. The van der Waals surface area contributed by atoms with E-state index in [-0.39, 0.29) is 0 Å². The van der Waals surface area contributed by atoms with Crippen molar-refractivity contribution in [3.63, 3.8) is 0 Å². The van der Waals surface area contributed by atoms with E-state index in [2.05, 4.69) is 6.92 Å². The summed E-state index contributed by atoms with van der Waals surface area (Å²) in [4.78, 5) is 0. The fourth-order valence-electron chi connectivity index (χ4n) is 0.966. The second-order valence-electron chi connectivity index (χ2n) is 3.54. The van der Waals surface area contributed by atoms with Gasteiger partial charge < -0.3 is 14.9 Å². The molecule has 3 heteroatoms. The number of ether oxygens (including phenoxy) is 1. The lowest BCUT2D eigenvalue weighted by molar-refractivity contribution is -0.127. The van der Waals surface area contributed by atoms with Crippen LogP contribution in [-0.4, -0.2) is 28.7 Å². The summed E-state index contributed by atoms with van der Waals surface area (Å²) in [5.41, 5.74) is 0. The molecule has 1 atom stereocenters. The van der Waals surface area contributed by atoms with Gasteiger partial charge in [0.15, 0.2) is 5.79 Å². The van der Waals surface area contributed by atoms with Crippen molar-refractivity contribution in [1.82, 2.24) is 0 Å². The van der Waals surface area contributed by atoms with Crippen molar-refractivity contribution in [2.45, 2.75) is 51.9 Å². The van der Waals surface area contributed by atoms with Crippen LogP contribution in [0.4, 0.5) is 0 Å². The van der Waals surface area contributed by atoms with Crippen molar-refractivity contribution in [2.24, 2.45) is 0 Å². The third-order valence-electron chi connectivity index (χ3n) is 1.48. The van der Waals surface area contributed by atoms with Crippen LogP contribution in [0.15, 0.2) is 0 Å². The highest BCUT2D eigenvalue weighted by Crippen LogP contribution is 2.13. The number of rotatable bonds is 1. The van der Waals surface area contributed by atoms with E-state index >= 15 is 0 Å². The minimum atomic E-state index is -1.50. The first-order chi connectivity index (χ1) is 5.43. The second-order valence-corrected chi connectivity index (χ2v) is 3.54. The molecular weight excluding hydrogens is 156 g/mol. The van der Waals surface area contributed by atoms with E-state index in [1.165, 1.54) is 33.1 Å². The first-order valence-electron chi connectivity index (χ1n) is 4.50. The summed E-state index contributed by atoms with van der Waals surface area (Å²) in [5, 5.41) is 16.2. The van der Waals surface area contributed by atoms with Gasteiger partial charge in [-0.25, -0.2) is 0 Å². The molecule has 0 aromatic heterocycles. The molecule has 12 heavy (non-hydrogen) atoms. The topological polar surface area (TPSA) is 49.7 Å². The fraction of sp³-hybridized carbons (Fsp3) is 1.00. The second kappa shape index (κ2) is 5.51. The van der Waals surface area contributed by atoms with Crippen LogP contribution in [0.5, 0.6) is 0 Å². The van der Waals surface area contributed by atoms with Gasteiger partial charge in [-0.3, -0.25) is 0 Å². The average molecular weight is 176 g/mol. The van der Waals surface area contributed by atoms with E-state index in [0.717, 1.165) is 6.61 Å². The van der Waals surface area contributed by atoms with Crippen LogP contribution in [0, 0.1) is 0 Å². The van der Waals surface area contributed by atoms with Gasteiger partial charge in [0.25, 0.3) is 0 Å². The van der Waals surface area contributed by atoms with Gasteiger partial charge in [-0.05, 0) is 33.1 Å². The van der Waals surface area contributed by atoms with Gasteiger partial charge in [0.2, 0.25) is 0 Å². The molecule has 2 N–H and O–H groups in total. The van der Waals surface area contributed by atoms with Crippen molar-refractivity contribution >= 4 is 0 Å². The van der Waals surface area contributed by atoms with Crippen LogP contribution >= 0.6 is 0 Å². The van der Waals surface area contributed by atoms with Gasteiger partial charge in [-0.15, -0.1) is 0 Å². The van der Waals surface area contributed by atoms with E-state index in [1.807, 2.05) is 0 Å². The van der Waals surface area contributed by atoms with Gasteiger partial charge in [0, 0.05) is 6.61 Å². The smallest absolute Gasteiger partial charge is 0.156 e. The minimum Gasteiger partial charge on any atom is -0.378 e. The quantitative estimate of drug-likeness (QED) is 0.592. The van der Waals surface area contributed by atoms with Gasteiger partial charge in [0.1, 0.15) is 0 Å².